The largest absolute Gasteiger partial charge is 0.478 e. The van der Waals surface area contributed by atoms with Gasteiger partial charge >= 0.3 is 5.97 Å². The van der Waals surface area contributed by atoms with Gasteiger partial charge in [0.15, 0.2) is 0 Å². The first-order valence-corrected chi connectivity index (χ1v) is 6.38. The molecule has 1 aliphatic rings. The average molecular weight is 281 g/mol. The van der Waals surface area contributed by atoms with Gasteiger partial charge in [-0.15, -0.1) is 0 Å². The second-order valence-corrected chi connectivity index (χ2v) is 4.72. The minimum atomic E-state index is -1.31. The van der Waals surface area contributed by atoms with E-state index in [0.29, 0.717) is 13.2 Å². The molecule has 1 saturated heterocycles. The van der Waals surface area contributed by atoms with E-state index in [2.05, 4.69) is 0 Å². The number of benzene rings is 1. The van der Waals surface area contributed by atoms with E-state index >= 15 is 0 Å². The zero-order valence-corrected chi connectivity index (χ0v) is 11.1. The lowest BCUT2D eigenvalue weighted by atomic mass is 10.1. The molecular formula is C14H16FNO4. The zero-order chi connectivity index (χ0) is 14.7. The fraction of sp³-hybridized carbons (Fsp3) is 0.429. The molecule has 1 atom stereocenters. The lowest BCUT2D eigenvalue weighted by Crippen LogP contribution is -2.39. The highest BCUT2D eigenvalue weighted by atomic mass is 19.1. The van der Waals surface area contributed by atoms with E-state index in [1.54, 1.807) is 0 Å². The van der Waals surface area contributed by atoms with E-state index in [9.17, 15) is 14.0 Å². The van der Waals surface area contributed by atoms with Crippen molar-refractivity contribution in [3.05, 3.63) is 35.1 Å². The molecule has 1 fully saturated rings. The molecule has 20 heavy (non-hydrogen) atoms. The summed E-state index contributed by atoms with van der Waals surface area (Å²) < 4.78 is 18.9. The predicted octanol–water partition coefficient (Wildman–Crippen LogP) is 1.77. The molecule has 1 amide bonds. The van der Waals surface area contributed by atoms with Gasteiger partial charge in [-0.25, -0.2) is 9.18 Å². The zero-order valence-electron chi connectivity index (χ0n) is 11.1. The van der Waals surface area contributed by atoms with Crippen LogP contribution in [0.1, 0.15) is 33.6 Å². The molecule has 0 saturated carbocycles. The van der Waals surface area contributed by atoms with Crippen LogP contribution in [0.15, 0.2) is 18.2 Å². The number of halogens is 1. The highest BCUT2D eigenvalue weighted by molar-refractivity contribution is 6.05. The summed E-state index contributed by atoms with van der Waals surface area (Å²) in [5, 5.41) is 9.09. The lowest BCUT2D eigenvalue weighted by Gasteiger charge is -2.24. The van der Waals surface area contributed by atoms with Crippen LogP contribution in [0.3, 0.4) is 0 Å². The Labute approximate surface area is 116 Å². The highest BCUT2D eigenvalue weighted by Gasteiger charge is 2.32. The summed E-state index contributed by atoms with van der Waals surface area (Å²) in [6.45, 7) is 0.850. The minimum absolute atomic E-state index is 0.131. The summed E-state index contributed by atoms with van der Waals surface area (Å²) >= 11 is 0. The smallest absolute Gasteiger partial charge is 0.336 e. The van der Waals surface area contributed by atoms with Crippen LogP contribution in [0.25, 0.3) is 0 Å². The van der Waals surface area contributed by atoms with Crippen LogP contribution in [0.5, 0.6) is 0 Å². The molecule has 0 spiro atoms. The number of ether oxygens (including phenoxy) is 1. The van der Waals surface area contributed by atoms with E-state index in [1.165, 1.54) is 24.1 Å². The molecule has 108 valence electrons. The Bertz CT molecular complexity index is 532. The van der Waals surface area contributed by atoms with Gasteiger partial charge in [0.25, 0.3) is 5.91 Å². The Kier molecular flexibility index (Phi) is 4.34. The van der Waals surface area contributed by atoms with Gasteiger partial charge in [-0.1, -0.05) is 6.07 Å². The Morgan fingerprint density at radius 3 is 2.90 bits per heavy atom. The molecule has 2 rings (SSSR count). The molecule has 0 aromatic heterocycles. The average Bonchev–Trinajstić information content (AvgIpc) is 2.86. The molecule has 5 nitrogen and oxygen atoms in total. The van der Waals surface area contributed by atoms with E-state index in [0.717, 1.165) is 18.9 Å². The van der Waals surface area contributed by atoms with Crippen LogP contribution in [0.4, 0.5) is 4.39 Å². The van der Waals surface area contributed by atoms with Crippen LogP contribution in [0, 0.1) is 5.82 Å². The van der Waals surface area contributed by atoms with Crippen molar-refractivity contribution >= 4 is 11.9 Å². The van der Waals surface area contributed by atoms with Crippen molar-refractivity contribution < 1.29 is 23.8 Å². The summed E-state index contributed by atoms with van der Waals surface area (Å²) in [5.41, 5.74) is -0.680. The highest BCUT2D eigenvalue weighted by Crippen LogP contribution is 2.23. The van der Waals surface area contributed by atoms with Crippen molar-refractivity contribution in [2.24, 2.45) is 0 Å². The fourth-order valence-electron chi connectivity index (χ4n) is 2.53. The van der Waals surface area contributed by atoms with Crippen LogP contribution in [-0.4, -0.2) is 48.2 Å². The maximum Gasteiger partial charge on any atom is 0.336 e. The number of carboxylic acids is 1. The molecule has 0 radical (unpaired) electrons. The van der Waals surface area contributed by atoms with Gasteiger partial charge in [0.05, 0.1) is 23.8 Å². The number of carbonyl (C=O) groups excluding carboxylic acids is 1. The standard InChI is InChI=1S/C14H16FNO4/c1-20-8-9-4-3-7-16(9)13(17)12-10(14(18)19)5-2-6-11(12)15/h2,5-6,9H,3-4,7-8H2,1H3,(H,18,19). The van der Waals surface area contributed by atoms with Crippen LogP contribution in [-0.2, 0) is 4.74 Å². The summed E-state index contributed by atoms with van der Waals surface area (Å²) in [6, 6.07) is 3.49. The third kappa shape index (κ3) is 2.65. The van der Waals surface area contributed by atoms with Gasteiger partial charge in [0, 0.05) is 13.7 Å². The maximum absolute atomic E-state index is 13.9. The first-order chi connectivity index (χ1) is 9.56. The quantitative estimate of drug-likeness (QED) is 0.913. The molecule has 6 heteroatoms. The second kappa shape index (κ2) is 6.00. The van der Waals surface area contributed by atoms with Gasteiger partial charge in [-0.2, -0.15) is 0 Å². The van der Waals surface area contributed by atoms with Crippen molar-refractivity contribution in [1.29, 1.82) is 0 Å². The second-order valence-electron chi connectivity index (χ2n) is 4.72. The van der Waals surface area contributed by atoms with Crippen molar-refractivity contribution in [3.8, 4) is 0 Å². The third-order valence-corrected chi connectivity index (χ3v) is 3.45. The van der Waals surface area contributed by atoms with Gasteiger partial charge in [-0.3, -0.25) is 4.79 Å². The summed E-state index contributed by atoms with van der Waals surface area (Å²) in [5.74, 6) is -2.70. The molecule has 0 aliphatic carbocycles. The number of amides is 1. The van der Waals surface area contributed by atoms with Crippen LogP contribution < -0.4 is 0 Å². The predicted molar refractivity (Wildman–Crippen MR) is 69.3 cm³/mol. The van der Waals surface area contributed by atoms with Gasteiger partial charge in [0.2, 0.25) is 0 Å². The maximum atomic E-state index is 13.9. The number of rotatable bonds is 4. The molecule has 1 heterocycles. The molecule has 1 aromatic carbocycles. The number of hydrogen-bond acceptors (Lipinski definition) is 3. The van der Waals surface area contributed by atoms with Crippen molar-refractivity contribution in [3.63, 3.8) is 0 Å². The Morgan fingerprint density at radius 1 is 1.50 bits per heavy atom. The summed E-state index contributed by atoms with van der Waals surface area (Å²) in [6.07, 6.45) is 1.58. The number of aromatic carboxylic acids is 1. The number of methoxy groups -OCH3 is 1. The normalized spacial score (nSPS) is 18.3. The summed E-state index contributed by atoms with van der Waals surface area (Å²) in [4.78, 5) is 25.1. The number of nitrogens with zero attached hydrogens (tertiary/aromatic N) is 1. The molecule has 1 unspecified atom stereocenters. The monoisotopic (exact) mass is 281 g/mol. The minimum Gasteiger partial charge on any atom is -0.478 e. The topological polar surface area (TPSA) is 66.8 Å². The molecule has 1 aliphatic heterocycles. The lowest BCUT2D eigenvalue weighted by molar-refractivity contribution is 0.0606. The Balaban J connectivity index is 2.36. The van der Waals surface area contributed by atoms with E-state index in [1.807, 2.05) is 0 Å². The number of carboxylic acid groups (broad SMARTS) is 1. The van der Waals surface area contributed by atoms with Gasteiger partial charge < -0.3 is 14.7 Å². The number of likely N-dealkylation sites (tertiary alicyclic amines) is 1. The van der Waals surface area contributed by atoms with E-state index < -0.39 is 17.7 Å². The molecule has 0 bridgehead atoms. The number of hydrogen-bond donors (Lipinski definition) is 1. The molecule has 1 N–H and O–H groups in total. The van der Waals surface area contributed by atoms with Gasteiger partial charge in [-0.05, 0) is 25.0 Å². The van der Waals surface area contributed by atoms with E-state index in [-0.39, 0.29) is 17.2 Å². The van der Waals surface area contributed by atoms with Crippen LogP contribution in [0.2, 0.25) is 0 Å². The Hall–Kier alpha value is -1.95. The summed E-state index contributed by atoms with van der Waals surface area (Å²) in [7, 11) is 1.53. The van der Waals surface area contributed by atoms with Crippen molar-refractivity contribution in [2.45, 2.75) is 18.9 Å². The van der Waals surface area contributed by atoms with Crippen molar-refractivity contribution in [1.82, 2.24) is 4.90 Å². The SMILES string of the molecule is COCC1CCCN1C(=O)c1c(F)cccc1C(=O)O. The van der Waals surface area contributed by atoms with Crippen molar-refractivity contribution in [2.75, 3.05) is 20.3 Å². The first kappa shape index (κ1) is 14.5. The first-order valence-electron chi connectivity index (χ1n) is 6.38. The van der Waals surface area contributed by atoms with Crippen LogP contribution >= 0.6 is 0 Å². The molecule has 1 aromatic rings. The Morgan fingerprint density at radius 2 is 2.25 bits per heavy atom. The van der Waals surface area contributed by atoms with E-state index in [4.69, 9.17) is 9.84 Å². The molecular weight excluding hydrogens is 265 g/mol. The third-order valence-electron chi connectivity index (χ3n) is 3.45. The number of carbonyl (C=O) groups is 2. The van der Waals surface area contributed by atoms with Gasteiger partial charge in [0.1, 0.15) is 5.82 Å². The fourth-order valence-corrected chi connectivity index (χ4v) is 2.53.